The van der Waals surface area contributed by atoms with Gasteiger partial charge in [-0.2, -0.15) is 5.10 Å². The summed E-state index contributed by atoms with van der Waals surface area (Å²) in [6.45, 7) is 3.01. The van der Waals surface area contributed by atoms with Gasteiger partial charge in [-0.3, -0.25) is 9.89 Å². The molecule has 1 amide bonds. The summed E-state index contributed by atoms with van der Waals surface area (Å²) in [6.07, 6.45) is 0. The van der Waals surface area contributed by atoms with Crippen molar-refractivity contribution < 1.29 is 4.79 Å². The van der Waals surface area contributed by atoms with E-state index in [1.807, 2.05) is 37.4 Å². The minimum absolute atomic E-state index is 0.255. The van der Waals surface area contributed by atoms with Crippen molar-refractivity contribution in [1.82, 2.24) is 15.5 Å². The lowest BCUT2D eigenvalue weighted by Gasteiger charge is -2.19. The molecule has 1 aromatic carbocycles. The van der Waals surface area contributed by atoms with E-state index < -0.39 is 0 Å². The Hall–Kier alpha value is -2.50. The van der Waals surface area contributed by atoms with Gasteiger partial charge in [-0.05, 0) is 19.1 Å². The van der Waals surface area contributed by atoms with Crippen LogP contribution in [0.1, 0.15) is 16.2 Å². The van der Waals surface area contributed by atoms with E-state index >= 15 is 0 Å². The molecule has 0 bridgehead atoms. The van der Waals surface area contributed by atoms with Crippen molar-refractivity contribution in [2.24, 2.45) is 0 Å². The molecule has 6 heteroatoms. The Morgan fingerprint density at radius 2 is 2.10 bits per heavy atom. The number of aryl methyl sites for hydroxylation is 1. The number of rotatable bonds is 5. The molecule has 20 heavy (non-hydrogen) atoms. The summed E-state index contributed by atoms with van der Waals surface area (Å²) in [5.74, 6) is -0.256. The molecule has 1 aromatic heterocycles. The Morgan fingerprint density at radius 3 is 2.70 bits per heavy atom. The molecule has 0 saturated heterocycles. The van der Waals surface area contributed by atoms with Crippen LogP contribution in [-0.2, 0) is 0 Å². The second-order valence-electron chi connectivity index (χ2n) is 4.62. The van der Waals surface area contributed by atoms with E-state index in [-0.39, 0.29) is 11.6 Å². The first kappa shape index (κ1) is 13.9. The molecule has 0 aliphatic heterocycles. The minimum Gasteiger partial charge on any atom is -0.395 e. The lowest BCUT2D eigenvalue weighted by molar-refractivity contribution is 0.0950. The average molecular weight is 273 g/mol. The van der Waals surface area contributed by atoms with E-state index in [4.69, 9.17) is 5.73 Å². The first-order valence-corrected chi connectivity index (χ1v) is 6.44. The summed E-state index contributed by atoms with van der Waals surface area (Å²) in [7, 11) is 1.98. The molecule has 0 saturated carbocycles. The Bertz CT molecular complexity index is 579. The van der Waals surface area contributed by atoms with Crippen molar-refractivity contribution in [2.75, 3.05) is 30.8 Å². The molecule has 2 aromatic rings. The molecule has 0 aliphatic rings. The number of carbonyl (C=O) groups is 1. The Morgan fingerprint density at radius 1 is 1.40 bits per heavy atom. The Kier molecular flexibility index (Phi) is 4.24. The summed E-state index contributed by atoms with van der Waals surface area (Å²) in [6, 6.07) is 9.99. The Labute approximate surface area is 118 Å². The third-order valence-corrected chi connectivity index (χ3v) is 3.14. The number of amides is 1. The highest BCUT2D eigenvalue weighted by Gasteiger charge is 2.14. The van der Waals surface area contributed by atoms with Crippen LogP contribution in [0.4, 0.5) is 11.4 Å². The maximum absolute atomic E-state index is 11.9. The predicted molar refractivity (Wildman–Crippen MR) is 79.8 cm³/mol. The zero-order valence-corrected chi connectivity index (χ0v) is 11.7. The number of anilines is 2. The number of benzene rings is 1. The molecule has 0 atom stereocenters. The van der Waals surface area contributed by atoms with Crippen LogP contribution >= 0.6 is 0 Å². The summed E-state index contributed by atoms with van der Waals surface area (Å²) in [5, 5.41) is 9.40. The van der Waals surface area contributed by atoms with Crippen LogP contribution in [0.5, 0.6) is 0 Å². The summed E-state index contributed by atoms with van der Waals surface area (Å²) in [5.41, 5.74) is 8.23. The van der Waals surface area contributed by atoms with Crippen molar-refractivity contribution in [3.8, 4) is 0 Å². The van der Waals surface area contributed by atoms with Crippen LogP contribution in [0.25, 0.3) is 0 Å². The van der Waals surface area contributed by atoms with Crippen LogP contribution < -0.4 is 16.0 Å². The van der Waals surface area contributed by atoms with Crippen molar-refractivity contribution in [1.29, 1.82) is 0 Å². The lowest BCUT2D eigenvalue weighted by atomic mass is 10.3. The molecule has 1 heterocycles. The molecule has 0 fully saturated rings. The maximum Gasteiger partial charge on any atom is 0.274 e. The number of aromatic nitrogens is 2. The zero-order valence-electron chi connectivity index (χ0n) is 11.7. The molecular weight excluding hydrogens is 254 g/mol. The zero-order chi connectivity index (χ0) is 14.5. The number of aromatic amines is 1. The largest absolute Gasteiger partial charge is 0.395 e. The van der Waals surface area contributed by atoms with Gasteiger partial charge in [-0.25, -0.2) is 0 Å². The number of nitrogens with one attached hydrogen (secondary N) is 2. The number of carbonyl (C=O) groups excluding carboxylic acids is 1. The third kappa shape index (κ3) is 3.09. The minimum atomic E-state index is -0.256. The van der Waals surface area contributed by atoms with E-state index in [0.29, 0.717) is 24.5 Å². The Balaban J connectivity index is 1.84. The molecule has 6 nitrogen and oxygen atoms in total. The number of nitrogens with zero attached hydrogens (tertiary/aromatic N) is 2. The summed E-state index contributed by atoms with van der Waals surface area (Å²) >= 11 is 0. The van der Waals surface area contributed by atoms with Gasteiger partial charge in [0.15, 0.2) is 5.69 Å². The van der Waals surface area contributed by atoms with E-state index in [2.05, 4.69) is 20.4 Å². The number of H-pyrrole nitrogens is 1. The van der Waals surface area contributed by atoms with Gasteiger partial charge in [0.05, 0.1) is 11.4 Å². The van der Waals surface area contributed by atoms with Gasteiger partial charge < -0.3 is 16.0 Å². The topological polar surface area (TPSA) is 87.0 Å². The average Bonchev–Trinajstić information content (AvgIpc) is 2.80. The molecule has 4 N–H and O–H groups in total. The van der Waals surface area contributed by atoms with Crippen LogP contribution in [0.2, 0.25) is 0 Å². The molecule has 0 unspecified atom stereocenters. The standard InChI is InChI=1S/C14H19N5O/c1-10-12(15)13(18-17-10)14(20)16-8-9-19(2)11-6-4-3-5-7-11/h3-7H,8-9,15H2,1-2H3,(H,16,20)(H,17,18). The number of likely N-dealkylation sites (N-methyl/N-ethyl adjacent to an activating group) is 1. The third-order valence-electron chi connectivity index (χ3n) is 3.14. The van der Waals surface area contributed by atoms with Gasteiger partial charge in [0, 0.05) is 25.8 Å². The summed E-state index contributed by atoms with van der Waals surface area (Å²) < 4.78 is 0. The fourth-order valence-corrected chi connectivity index (χ4v) is 1.84. The summed E-state index contributed by atoms with van der Waals surface area (Å²) in [4.78, 5) is 14.0. The highest BCUT2D eigenvalue weighted by Crippen LogP contribution is 2.12. The van der Waals surface area contributed by atoms with Gasteiger partial charge in [0.25, 0.3) is 5.91 Å². The van der Waals surface area contributed by atoms with E-state index in [9.17, 15) is 4.79 Å². The second-order valence-corrected chi connectivity index (χ2v) is 4.62. The van der Waals surface area contributed by atoms with Crippen molar-refractivity contribution in [3.63, 3.8) is 0 Å². The van der Waals surface area contributed by atoms with Crippen molar-refractivity contribution in [2.45, 2.75) is 6.92 Å². The maximum atomic E-state index is 11.9. The lowest BCUT2D eigenvalue weighted by Crippen LogP contribution is -2.33. The molecular formula is C14H19N5O. The highest BCUT2D eigenvalue weighted by atomic mass is 16.1. The predicted octanol–water partition coefficient (Wildman–Crippen LogP) is 1.17. The number of para-hydroxylation sites is 1. The monoisotopic (exact) mass is 273 g/mol. The van der Waals surface area contributed by atoms with Crippen LogP contribution in [0, 0.1) is 6.92 Å². The second kappa shape index (κ2) is 6.10. The van der Waals surface area contributed by atoms with Gasteiger partial charge >= 0.3 is 0 Å². The number of nitrogen functional groups attached to an aromatic ring is 1. The van der Waals surface area contributed by atoms with E-state index in [0.717, 1.165) is 5.69 Å². The number of hydrogen-bond donors (Lipinski definition) is 3. The van der Waals surface area contributed by atoms with Gasteiger partial charge in [0.2, 0.25) is 0 Å². The first-order valence-electron chi connectivity index (χ1n) is 6.44. The normalized spacial score (nSPS) is 10.3. The quantitative estimate of drug-likeness (QED) is 0.763. The fourth-order valence-electron chi connectivity index (χ4n) is 1.84. The molecule has 2 rings (SSSR count). The van der Waals surface area contributed by atoms with Crippen LogP contribution in [0.3, 0.4) is 0 Å². The molecule has 0 radical (unpaired) electrons. The number of nitrogens with two attached hydrogens (primary N) is 1. The molecule has 106 valence electrons. The molecule has 0 spiro atoms. The van der Waals surface area contributed by atoms with Crippen molar-refractivity contribution >= 4 is 17.3 Å². The first-order chi connectivity index (χ1) is 9.59. The fraction of sp³-hybridized carbons (Fsp3) is 0.286. The van der Waals surface area contributed by atoms with Gasteiger partial charge in [-0.1, -0.05) is 18.2 Å². The van der Waals surface area contributed by atoms with E-state index in [1.165, 1.54) is 0 Å². The van der Waals surface area contributed by atoms with E-state index in [1.54, 1.807) is 6.92 Å². The molecule has 0 aliphatic carbocycles. The van der Waals surface area contributed by atoms with Gasteiger partial charge in [-0.15, -0.1) is 0 Å². The van der Waals surface area contributed by atoms with Crippen molar-refractivity contribution in [3.05, 3.63) is 41.7 Å². The van der Waals surface area contributed by atoms with Crippen LogP contribution in [-0.4, -0.2) is 36.2 Å². The highest BCUT2D eigenvalue weighted by molar-refractivity contribution is 5.97. The van der Waals surface area contributed by atoms with Crippen LogP contribution in [0.15, 0.2) is 30.3 Å². The smallest absolute Gasteiger partial charge is 0.274 e. The SMILES string of the molecule is Cc1[nH]nc(C(=O)NCCN(C)c2ccccc2)c1N. The number of hydrogen-bond acceptors (Lipinski definition) is 4. The van der Waals surface area contributed by atoms with Gasteiger partial charge in [0.1, 0.15) is 0 Å².